The zero-order valence-electron chi connectivity index (χ0n) is 14.3. The van der Waals surface area contributed by atoms with E-state index in [1.165, 1.54) is 16.7 Å². The van der Waals surface area contributed by atoms with Gasteiger partial charge in [-0.25, -0.2) is 0 Å². The summed E-state index contributed by atoms with van der Waals surface area (Å²) in [5.74, 6) is 0.105. The van der Waals surface area contributed by atoms with Gasteiger partial charge in [-0.2, -0.15) is 0 Å². The summed E-state index contributed by atoms with van der Waals surface area (Å²) >= 11 is 0. The zero-order chi connectivity index (χ0) is 16.7. The molecule has 0 saturated heterocycles. The van der Waals surface area contributed by atoms with E-state index in [2.05, 4.69) is 53.5 Å². The van der Waals surface area contributed by atoms with Crippen molar-refractivity contribution in [2.24, 2.45) is 0 Å². The molecule has 3 heteroatoms. The van der Waals surface area contributed by atoms with E-state index in [-0.39, 0.29) is 11.9 Å². The summed E-state index contributed by atoms with van der Waals surface area (Å²) in [6.45, 7) is 2.70. The molecule has 0 aliphatic heterocycles. The number of benzene rings is 2. The molecule has 0 aromatic heterocycles. The first-order valence-corrected chi connectivity index (χ1v) is 8.10. The van der Waals surface area contributed by atoms with Crippen LogP contribution in [0.2, 0.25) is 0 Å². The van der Waals surface area contributed by atoms with Crippen molar-refractivity contribution in [2.75, 3.05) is 20.6 Å². The molecule has 0 aliphatic rings. The van der Waals surface area contributed by atoms with Crippen molar-refractivity contribution in [1.29, 1.82) is 0 Å². The molecule has 0 spiro atoms. The molecule has 1 amide bonds. The second kappa shape index (κ2) is 8.49. The lowest BCUT2D eigenvalue weighted by molar-refractivity contribution is -0.121. The van der Waals surface area contributed by atoms with E-state index >= 15 is 0 Å². The smallest absolute Gasteiger partial charge is 0.220 e. The van der Waals surface area contributed by atoms with Crippen LogP contribution >= 0.6 is 0 Å². The number of hydrogen-bond donors (Lipinski definition) is 1. The van der Waals surface area contributed by atoms with Crippen molar-refractivity contribution in [3.8, 4) is 0 Å². The third-order valence-electron chi connectivity index (χ3n) is 4.06. The van der Waals surface area contributed by atoms with Gasteiger partial charge in [0.1, 0.15) is 0 Å². The fourth-order valence-electron chi connectivity index (χ4n) is 2.59. The Morgan fingerprint density at radius 3 is 2.30 bits per heavy atom. The minimum atomic E-state index is 0.105. The largest absolute Gasteiger partial charge is 0.354 e. The van der Waals surface area contributed by atoms with Crippen LogP contribution in [0.5, 0.6) is 0 Å². The molecule has 23 heavy (non-hydrogen) atoms. The molecule has 1 unspecified atom stereocenters. The molecular formula is C20H26N2O. The standard InChI is InChI=1S/C20H26N2O/c1-16-9-11-17(12-10-16)13-14-20(23)21-15-19(22(2)3)18-7-5-4-6-8-18/h4-12,19H,13-15H2,1-3H3,(H,21,23). The summed E-state index contributed by atoms with van der Waals surface area (Å²) < 4.78 is 0. The van der Waals surface area contributed by atoms with Gasteiger partial charge in [0.2, 0.25) is 5.91 Å². The topological polar surface area (TPSA) is 32.3 Å². The lowest BCUT2D eigenvalue weighted by atomic mass is 10.1. The highest BCUT2D eigenvalue weighted by Gasteiger charge is 2.14. The van der Waals surface area contributed by atoms with Crippen LogP contribution in [0.15, 0.2) is 54.6 Å². The molecule has 2 aromatic rings. The summed E-state index contributed by atoms with van der Waals surface area (Å²) in [6, 6.07) is 18.8. The van der Waals surface area contributed by atoms with E-state index in [0.717, 1.165) is 6.42 Å². The van der Waals surface area contributed by atoms with Gasteiger partial charge in [-0.1, -0.05) is 60.2 Å². The van der Waals surface area contributed by atoms with Crippen molar-refractivity contribution in [1.82, 2.24) is 10.2 Å². The van der Waals surface area contributed by atoms with E-state index in [4.69, 9.17) is 0 Å². The molecule has 0 bridgehead atoms. The average molecular weight is 310 g/mol. The maximum atomic E-state index is 12.1. The number of carbonyl (C=O) groups is 1. The summed E-state index contributed by atoms with van der Waals surface area (Å²) in [5, 5.41) is 3.06. The van der Waals surface area contributed by atoms with Gasteiger partial charge in [0, 0.05) is 13.0 Å². The van der Waals surface area contributed by atoms with E-state index < -0.39 is 0 Å². The molecule has 0 saturated carbocycles. The number of likely N-dealkylation sites (N-methyl/N-ethyl adjacent to an activating group) is 1. The first-order chi connectivity index (χ1) is 11.1. The Bertz CT molecular complexity index is 605. The molecule has 2 aromatic carbocycles. The van der Waals surface area contributed by atoms with Crippen LogP contribution in [0.1, 0.15) is 29.2 Å². The Hall–Kier alpha value is -2.13. The maximum absolute atomic E-state index is 12.1. The molecule has 3 nitrogen and oxygen atoms in total. The van der Waals surface area contributed by atoms with E-state index in [1.54, 1.807) is 0 Å². The SMILES string of the molecule is Cc1ccc(CCC(=O)NCC(c2ccccc2)N(C)C)cc1. The number of rotatable bonds is 7. The normalized spacial score (nSPS) is 12.2. The number of amides is 1. The monoisotopic (exact) mass is 310 g/mol. The van der Waals surface area contributed by atoms with E-state index in [0.29, 0.717) is 13.0 Å². The molecule has 0 aliphatic carbocycles. The van der Waals surface area contributed by atoms with Crippen molar-refractivity contribution in [2.45, 2.75) is 25.8 Å². The van der Waals surface area contributed by atoms with E-state index in [9.17, 15) is 4.79 Å². The van der Waals surface area contributed by atoms with Gasteiger partial charge in [0.05, 0.1) is 6.04 Å². The number of nitrogens with one attached hydrogen (secondary N) is 1. The number of aryl methyl sites for hydroxylation is 2. The minimum absolute atomic E-state index is 0.105. The second-order valence-corrected chi connectivity index (χ2v) is 6.18. The quantitative estimate of drug-likeness (QED) is 0.850. The Morgan fingerprint density at radius 1 is 1.04 bits per heavy atom. The minimum Gasteiger partial charge on any atom is -0.354 e. The molecule has 1 atom stereocenters. The number of hydrogen-bond acceptors (Lipinski definition) is 2. The van der Waals surface area contributed by atoms with Crippen LogP contribution in [0.4, 0.5) is 0 Å². The third kappa shape index (κ3) is 5.53. The highest BCUT2D eigenvalue weighted by molar-refractivity contribution is 5.76. The second-order valence-electron chi connectivity index (χ2n) is 6.18. The Labute approximate surface area is 139 Å². The van der Waals surface area contributed by atoms with Crippen LogP contribution in [-0.4, -0.2) is 31.4 Å². The molecule has 0 fully saturated rings. The fourth-order valence-corrected chi connectivity index (χ4v) is 2.59. The third-order valence-corrected chi connectivity index (χ3v) is 4.06. The Morgan fingerprint density at radius 2 is 1.70 bits per heavy atom. The highest BCUT2D eigenvalue weighted by atomic mass is 16.1. The van der Waals surface area contributed by atoms with Gasteiger partial charge in [0.25, 0.3) is 0 Å². The van der Waals surface area contributed by atoms with Crippen LogP contribution < -0.4 is 5.32 Å². The summed E-state index contributed by atoms with van der Waals surface area (Å²) in [4.78, 5) is 14.2. The molecule has 0 radical (unpaired) electrons. The van der Waals surface area contributed by atoms with Gasteiger partial charge < -0.3 is 10.2 Å². The lowest BCUT2D eigenvalue weighted by Gasteiger charge is -2.25. The zero-order valence-corrected chi connectivity index (χ0v) is 14.3. The Kier molecular flexibility index (Phi) is 6.36. The van der Waals surface area contributed by atoms with Crippen molar-refractivity contribution in [3.05, 3.63) is 71.3 Å². The summed E-state index contributed by atoms with van der Waals surface area (Å²) in [5.41, 5.74) is 3.67. The predicted molar refractivity (Wildman–Crippen MR) is 95.4 cm³/mol. The molecule has 0 heterocycles. The maximum Gasteiger partial charge on any atom is 0.220 e. The lowest BCUT2D eigenvalue weighted by Crippen LogP contribution is -2.34. The molecule has 1 N–H and O–H groups in total. The van der Waals surface area contributed by atoms with Gasteiger partial charge in [0.15, 0.2) is 0 Å². The van der Waals surface area contributed by atoms with Gasteiger partial charge in [-0.3, -0.25) is 4.79 Å². The number of nitrogens with zero attached hydrogens (tertiary/aromatic N) is 1. The van der Waals surface area contributed by atoms with Crippen LogP contribution in [-0.2, 0) is 11.2 Å². The fraction of sp³-hybridized carbons (Fsp3) is 0.350. The summed E-state index contributed by atoms with van der Waals surface area (Å²) in [7, 11) is 4.08. The predicted octanol–water partition coefficient (Wildman–Crippen LogP) is 3.35. The molecular weight excluding hydrogens is 284 g/mol. The average Bonchev–Trinajstić information content (AvgIpc) is 2.55. The van der Waals surface area contributed by atoms with Crippen molar-refractivity contribution in [3.63, 3.8) is 0 Å². The van der Waals surface area contributed by atoms with Crippen molar-refractivity contribution < 1.29 is 4.79 Å². The van der Waals surface area contributed by atoms with Gasteiger partial charge in [-0.15, -0.1) is 0 Å². The van der Waals surface area contributed by atoms with Crippen LogP contribution in [0.3, 0.4) is 0 Å². The first-order valence-electron chi connectivity index (χ1n) is 8.10. The highest BCUT2D eigenvalue weighted by Crippen LogP contribution is 2.16. The van der Waals surface area contributed by atoms with E-state index in [1.807, 2.05) is 32.3 Å². The van der Waals surface area contributed by atoms with Gasteiger partial charge in [-0.05, 0) is 38.6 Å². The molecule has 2 rings (SSSR count). The summed E-state index contributed by atoms with van der Waals surface area (Å²) in [6.07, 6.45) is 1.31. The van der Waals surface area contributed by atoms with Gasteiger partial charge >= 0.3 is 0 Å². The Balaban J connectivity index is 1.83. The van der Waals surface area contributed by atoms with Crippen LogP contribution in [0, 0.1) is 6.92 Å². The first kappa shape index (κ1) is 17.2. The van der Waals surface area contributed by atoms with Crippen molar-refractivity contribution >= 4 is 5.91 Å². The molecule has 122 valence electrons. The number of carbonyl (C=O) groups excluding carboxylic acids is 1. The van der Waals surface area contributed by atoms with Crippen LogP contribution in [0.25, 0.3) is 0 Å².